The van der Waals surface area contributed by atoms with Gasteiger partial charge in [-0.15, -0.1) is 0 Å². The number of methoxy groups -OCH3 is 2. The highest BCUT2D eigenvalue weighted by Gasteiger charge is 2.31. The van der Waals surface area contributed by atoms with Crippen molar-refractivity contribution in [3.05, 3.63) is 42.1 Å². The molecule has 0 aliphatic heterocycles. The average molecular weight is 442 g/mol. The summed E-state index contributed by atoms with van der Waals surface area (Å²) in [5, 5.41) is 3.63. The van der Waals surface area contributed by atoms with Crippen LogP contribution in [0.2, 0.25) is 0 Å². The first kappa shape index (κ1) is 23.9. The summed E-state index contributed by atoms with van der Waals surface area (Å²) in [6.45, 7) is 6.47. The van der Waals surface area contributed by atoms with Crippen LogP contribution in [0.25, 0.3) is 11.1 Å². The van der Waals surface area contributed by atoms with E-state index in [1.165, 1.54) is 5.56 Å². The number of hydrogen-bond donors (Lipinski definition) is 1. The van der Waals surface area contributed by atoms with Crippen LogP contribution in [-0.4, -0.2) is 54.9 Å². The van der Waals surface area contributed by atoms with Crippen molar-refractivity contribution >= 4 is 6.09 Å². The lowest BCUT2D eigenvalue weighted by molar-refractivity contribution is 0.0225. The molecule has 0 spiro atoms. The lowest BCUT2D eigenvalue weighted by Gasteiger charge is -2.28. The van der Waals surface area contributed by atoms with E-state index in [0.717, 1.165) is 36.9 Å². The van der Waals surface area contributed by atoms with Gasteiger partial charge in [-0.25, -0.2) is 9.78 Å². The van der Waals surface area contributed by atoms with E-state index in [1.807, 2.05) is 33.9 Å². The van der Waals surface area contributed by atoms with Crippen molar-refractivity contribution in [2.45, 2.75) is 64.3 Å². The Morgan fingerprint density at radius 1 is 1.12 bits per heavy atom. The zero-order valence-electron chi connectivity index (χ0n) is 20.0. The van der Waals surface area contributed by atoms with E-state index in [4.69, 9.17) is 14.2 Å². The molecule has 7 heteroatoms. The van der Waals surface area contributed by atoms with Crippen molar-refractivity contribution in [2.24, 2.45) is 0 Å². The van der Waals surface area contributed by atoms with Crippen LogP contribution in [0, 0.1) is 0 Å². The number of ether oxygens (including phenoxy) is 3. The summed E-state index contributed by atoms with van der Waals surface area (Å²) in [5.74, 6) is 1.09. The third-order valence-electron chi connectivity index (χ3n) is 5.75. The molecule has 0 radical (unpaired) electrons. The largest absolute Gasteiger partial charge is 0.491 e. The number of carbonyl (C=O) groups excluding carboxylic acids is 1. The number of hydrogen-bond acceptors (Lipinski definition) is 6. The van der Waals surface area contributed by atoms with Crippen LogP contribution in [0.1, 0.15) is 45.6 Å². The summed E-state index contributed by atoms with van der Waals surface area (Å²) in [6, 6.07) is 11.0. The Bertz CT molecular complexity index is 908. The average Bonchev–Trinajstić information content (AvgIpc) is 3.25. The van der Waals surface area contributed by atoms with E-state index >= 15 is 0 Å². The van der Waals surface area contributed by atoms with Gasteiger partial charge < -0.3 is 24.4 Å². The van der Waals surface area contributed by atoms with Crippen molar-refractivity contribution in [3.8, 4) is 22.8 Å². The van der Waals surface area contributed by atoms with Gasteiger partial charge >= 0.3 is 6.09 Å². The first-order valence-corrected chi connectivity index (χ1v) is 11.1. The van der Waals surface area contributed by atoms with Gasteiger partial charge in [0.1, 0.15) is 5.60 Å². The molecule has 1 N–H and O–H groups in total. The van der Waals surface area contributed by atoms with E-state index in [9.17, 15) is 4.79 Å². The van der Waals surface area contributed by atoms with Crippen molar-refractivity contribution in [2.75, 3.05) is 21.3 Å². The van der Waals surface area contributed by atoms with E-state index in [2.05, 4.69) is 34.6 Å². The summed E-state index contributed by atoms with van der Waals surface area (Å²) in [5.41, 5.74) is 2.79. The van der Waals surface area contributed by atoms with Crippen LogP contribution in [-0.2, 0) is 11.3 Å². The minimum Gasteiger partial charge on any atom is -0.491 e. The quantitative estimate of drug-likeness (QED) is 0.675. The maximum Gasteiger partial charge on any atom is 0.410 e. The topological polar surface area (TPSA) is 72.9 Å². The first-order valence-electron chi connectivity index (χ1n) is 11.1. The van der Waals surface area contributed by atoms with Crippen LogP contribution in [0.3, 0.4) is 0 Å². The Balaban J connectivity index is 1.52. The van der Waals surface area contributed by atoms with Crippen LogP contribution >= 0.6 is 0 Å². The number of nitrogens with zero attached hydrogens (tertiary/aromatic N) is 2. The fourth-order valence-electron chi connectivity index (χ4n) is 3.94. The van der Waals surface area contributed by atoms with Gasteiger partial charge in [-0.2, -0.15) is 0 Å². The van der Waals surface area contributed by atoms with E-state index in [-0.39, 0.29) is 12.1 Å². The molecule has 174 valence electrons. The molecule has 1 aliphatic rings. The van der Waals surface area contributed by atoms with Crippen molar-refractivity contribution < 1.29 is 19.0 Å². The molecule has 2 atom stereocenters. The fourth-order valence-corrected chi connectivity index (χ4v) is 3.94. The Hall–Kier alpha value is -2.80. The van der Waals surface area contributed by atoms with E-state index in [0.29, 0.717) is 17.7 Å². The van der Waals surface area contributed by atoms with Gasteiger partial charge in [-0.1, -0.05) is 24.3 Å². The van der Waals surface area contributed by atoms with Gasteiger partial charge in [0.2, 0.25) is 0 Å². The Kier molecular flexibility index (Phi) is 7.61. The number of rotatable bonds is 7. The summed E-state index contributed by atoms with van der Waals surface area (Å²) >= 11 is 0. The maximum absolute atomic E-state index is 12.3. The zero-order chi connectivity index (χ0) is 23.3. The molecule has 1 fully saturated rings. The number of nitrogens with one attached hydrogen (secondary N) is 1. The highest BCUT2D eigenvalue weighted by molar-refractivity contribution is 5.68. The van der Waals surface area contributed by atoms with Gasteiger partial charge in [-0.05, 0) is 57.2 Å². The molecule has 0 saturated heterocycles. The Morgan fingerprint density at radius 3 is 2.47 bits per heavy atom. The molecule has 1 amide bonds. The van der Waals surface area contributed by atoms with Crippen molar-refractivity contribution in [1.82, 2.24) is 15.2 Å². The zero-order valence-corrected chi connectivity index (χ0v) is 20.0. The number of benzene rings is 1. The van der Waals surface area contributed by atoms with Gasteiger partial charge in [0.05, 0.1) is 14.2 Å². The molecule has 2 aromatic rings. The van der Waals surface area contributed by atoms with Crippen LogP contribution in [0.5, 0.6) is 11.6 Å². The number of amides is 1. The van der Waals surface area contributed by atoms with Crippen LogP contribution in [0.4, 0.5) is 4.79 Å². The van der Waals surface area contributed by atoms with E-state index < -0.39 is 5.60 Å². The molecular weight excluding hydrogens is 406 g/mol. The first-order chi connectivity index (χ1) is 15.2. The molecule has 3 rings (SSSR count). The third kappa shape index (κ3) is 6.13. The second-order valence-electron chi connectivity index (χ2n) is 9.27. The highest BCUT2D eigenvalue weighted by Crippen LogP contribution is 2.30. The molecule has 1 aromatic carbocycles. The van der Waals surface area contributed by atoms with Crippen molar-refractivity contribution in [3.63, 3.8) is 0 Å². The normalized spacial score (nSPS) is 18.3. The Labute approximate surface area is 191 Å². The van der Waals surface area contributed by atoms with Gasteiger partial charge in [-0.3, -0.25) is 0 Å². The molecule has 0 unspecified atom stereocenters. The lowest BCUT2D eigenvalue weighted by atomic mass is 10.1. The standard InChI is InChI=1S/C25H35N3O4/c1-25(2,3)32-24(29)28(4)21-12-11-20(14-21)26-15-17-7-9-18(10-8-17)19-13-22(30-5)23(31-6)27-16-19/h7-10,13,16,20-21,26H,11-12,14-15H2,1-6H3/t20-,21+/m0/s1. The lowest BCUT2D eigenvalue weighted by Crippen LogP contribution is -2.40. The summed E-state index contributed by atoms with van der Waals surface area (Å²) < 4.78 is 16.1. The number of carbonyl (C=O) groups is 1. The monoisotopic (exact) mass is 441 g/mol. The summed E-state index contributed by atoms with van der Waals surface area (Å²) in [4.78, 5) is 18.4. The Morgan fingerprint density at radius 2 is 1.84 bits per heavy atom. The maximum atomic E-state index is 12.3. The van der Waals surface area contributed by atoms with Crippen molar-refractivity contribution in [1.29, 1.82) is 0 Å². The molecular formula is C25H35N3O4. The summed E-state index contributed by atoms with van der Waals surface area (Å²) in [7, 11) is 5.02. The van der Waals surface area contributed by atoms with Crippen LogP contribution in [0.15, 0.2) is 36.5 Å². The molecule has 1 saturated carbocycles. The molecule has 1 aliphatic carbocycles. The number of aromatic nitrogens is 1. The predicted octanol–water partition coefficient (Wildman–Crippen LogP) is 4.64. The number of pyridine rings is 1. The molecule has 32 heavy (non-hydrogen) atoms. The SMILES string of the molecule is COc1cc(-c2ccc(CN[C@H]3CC[C@@H](N(C)C(=O)OC(C)(C)C)C3)cc2)cnc1OC. The molecule has 7 nitrogen and oxygen atoms in total. The minimum absolute atomic E-state index is 0.210. The smallest absolute Gasteiger partial charge is 0.410 e. The third-order valence-corrected chi connectivity index (χ3v) is 5.75. The predicted molar refractivity (Wildman–Crippen MR) is 125 cm³/mol. The van der Waals surface area contributed by atoms with Gasteiger partial charge in [0.25, 0.3) is 5.88 Å². The second-order valence-corrected chi connectivity index (χ2v) is 9.27. The molecule has 1 aromatic heterocycles. The minimum atomic E-state index is -0.471. The highest BCUT2D eigenvalue weighted by atomic mass is 16.6. The van der Waals surface area contributed by atoms with E-state index in [1.54, 1.807) is 25.3 Å². The fraction of sp³-hybridized carbons (Fsp3) is 0.520. The molecule has 0 bridgehead atoms. The van der Waals surface area contributed by atoms with Gasteiger partial charge in [0, 0.05) is 37.4 Å². The van der Waals surface area contributed by atoms with Gasteiger partial charge in [0.15, 0.2) is 5.75 Å². The second kappa shape index (κ2) is 10.2. The summed E-state index contributed by atoms with van der Waals surface area (Å²) in [6.07, 6.45) is 4.51. The molecule has 1 heterocycles. The van der Waals surface area contributed by atoms with Crippen LogP contribution < -0.4 is 14.8 Å².